The average Bonchev–Trinajstić information content (AvgIpc) is 2.89. The van der Waals surface area contributed by atoms with Gasteiger partial charge in [0.05, 0.1) is 17.6 Å². The molecular weight excluding hydrogens is 250 g/mol. The fourth-order valence-corrected chi connectivity index (χ4v) is 3.00. The van der Waals surface area contributed by atoms with E-state index in [4.69, 9.17) is 0 Å². The van der Waals surface area contributed by atoms with Crippen molar-refractivity contribution >= 4 is 16.9 Å². The highest BCUT2D eigenvalue weighted by atomic mass is 16.1. The number of para-hydroxylation sites is 2. The predicted octanol–water partition coefficient (Wildman–Crippen LogP) is 3.15. The van der Waals surface area contributed by atoms with Crippen LogP contribution in [0.4, 0.5) is 0 Å². The zero-order valence-electron chi connectivity index (χ0n) is 11.7. The van der Waals surface area contributed by atoms with Gasteiger partial charge in [0, 0.05) is 6.42 Å². The molecular formula is C16H21N3O. The summed E-state index contributed by atoms with van der Waals surface area (Å²) in [6.07, 6.45) is 6.97. The number of nitrogens with zero attached hydrogens (tertiary/aromatic N) is 1. The number of benzene rings is 1. The minimum atomic E-state index is 0.150. The molecule has 1 aromatic carbocycles. The van der Waals surface area contributed by atoms with Gasteiger partial charge >= 0.3 is 0 Å². The van der Waals surface area contributed by atoms with Crippen molar-refractivity contribution in [1.29, 1.82) is 0 Å². The van der Waals surface area contributed by atoms with E-state index in [1.807, 2.05) is 24.3 Å². The van der Waals surface area contributed by atoms with E-state index < -0.39 is 0 Å². The Morgan fingerprint density at radius 1 is 1.25 bits per heavy atom. The first kappa shape index (κ1) is 13.2. The van der Waals surface area contributed by atoms with E-state index in [1.54, 1.807) is 0 Å². The van der Waals surface area contributed by atoms with Crippen LogP contribution in [0.15, 0.2) is 24.3 Å². The third-order valence-corrected chi connectivity index (χ3v) is 4.09. The molecule has 1 fully saturated rings. The van der Waals surface area contributed by atoms with Crippen molar-refractivity contribution in [2.45, 2.75) is 45.1 Å². The molecule has 20 heavy (non-hydrogen) atoms. The van der Waals surface area contributed by atoms with Gasteiger partial charge in [-0.05, 0) is 30.9 Å². The van der Waals surface area contributed by atoms with Gasteiger partial charge in [-0.25, -0.2) is 4.98 Å². The predicted molar refractivity (Wildman–Crippen MR) is 79.1 cm³/mol. The number of hydrogen-bond donors (Lipinski definition) is 2. The van der Waals surface area contributed by atoms with Crippen LogP contribution in [-0.2, 0) is 11.3 Å². The van der Waals surface area contributed by atoms with Crippen molar-refractivity contribution in [2.75, 3.05) is 0 Å². The Hall–Kier alpha value is -1.84. The van der Waals surface area contributed by atoms with Crippen LogP contribution in [0, 0.1) is 5.92 Å². The zero-order valence-corrected chi connectivity index (χ0v) is 11.7. The highest BCUT2D eigenvalue weighted by Crippen LogP contribution is 2.26. The SMILES string of the molecule is O=C(CC1CCCCC1)NCc1nc2ccccc2[nH]1. The number of hydrogen-bond acceptors (Lipinski definition) is 2. The molecule has 0 unspecified atom stereocenters. The lowest BCUT2D eigenvalue weighted by Crippen LogP contribution is -2.26. The van der Waals surface area contributed by atoms with Gasteiger partial charge in [-0.15, -0.1) is 0 Å². The summed E-state index contributed by atoms with van der Waals surface area (Å²) in [5, 5.41) is 2.97. The molecule has 1 aliphatic rings. The van der Waals surface area contributed by atoms with Crippen molar-refractivity contribution in [3.05, 3.63) is 30.1 Å². The van der Waals surface area contributed by atoms with E-state index in [0.717, 1.165) is 16.9 Å². The van der Waals surface area contributed by atoms with Crippen LogP contribution < -0.4 is 5.32 Å². The number of rotatable bonds is 4. The molecule has 1 aromatic heterocycles. The highest BCUT2D eigenvalue weighted by Gasteiger charge is 2.16. The average molecular weight is 271 g/mol. The number of aromatic amines is 1. The van der Waals surface area contributed by atoms with Crippen LogP contribution in [0.1, 0.15) is 44.3 Å². The fraction of sp³-hybridized carbons (Fsp3) is 0.500. The maximum absolute atomic E-state index is 11.9. The van der Waals surface area contributed by atoms with Crippen LogP contribution in [0.2, 0.25) is 0 Å². The summed E-state index contributed by atoms with van der Waals surface area (Å²) in [7, 11) is 0. The summed E-state index contributed by atoms with van der Waals surface area (Å²) in [5.41, 5.74) is 1.97. The Balaban J connectivity index is 1.51. The monoisotopic (exact) mass is 271 g/mol. The Labute approximate surface area is 119 Å². The fourth-order valence-electron chi connectivity index (χ4n) is 3.00. The number of amides is 1. The van der Waals surface area contributed by atoms with Crippen LogP contribution in [0.5, 0.6) is 0 Å². The van der Waals surface area contributed by atoms with Crippen LogP contribution in [0.3, 0.4) is 0 Å². The highest BCUT2D eigenvalue weighted by molar-refractivity contribution is 5.77. The Morgan fingerprint density at radius 3 is 2.85 bits per heavy atom. The van der Waals surface area contributed by atoms with Gasteiger partial charge < -0.3 is 10.3 Å². The lowest BCUT2D eigenvalue weighted by molar-refractivity contribution is -0.122. The van der Waals surface area contributed by atoms with Crippen LogP contribution in [-0.4, -0.2) is 15.9 Å². The van der Waals surface area contributed by atoms with Crippen molar-refractivity contribution in [2.24, 2.45) is 5.92 Å². The second kappa shape index (κ2) is 6.07. The summed E-state index contributed by atoms with van der Waals surface area (Å²) < 4.78 is 0. The molecule has 1 aliphatic carbocycles. The van der Waals surface area contributed by atoms with Gasteiger partial charge in [0.15, 0.2) is 0 Å². The summed E-state index contributed by atoms with van der Waals surface area (Å²) in [6.45, 7) is 0.486. The Morgan fingerprint density at radius 2 is 2.05 bits per heavy atom. The van der Waals surface area contributed by atoms with Gasteiger partial charge in [0.1, 0.15) is 5.82 Å². The second-order valence-corrected chi connectivity index (χ2v) is 5.69. The van der Waals surface area contributed by atoms with Gasteiger partial charge in [0.2, 0.25) is 5.91 Å². The largest absolute Gasteiger partial charge is 0.349 e. The molecule has 2 aromatic rings. The number of fused-ring (bicyclic) bond motifs is 1. The summed E-state index contributed by atoms with van der Waals surface area (Å²) >= 11 is 0. The summed E-state index contributed by atoms with van der Waals surface area (Å²) in [5.74, 6) is 1.56. The molecule has 106 valence electrons. The maximum atomic E-state index is 11.9. The summed E-state index contributed by atoms with van der Waals surface area (Å²) in [4.78, 5) is 19.6. The first-order valence-corrected chi connectivity index (χ1v) is 7.51. The molecule has 0 atom stereocenters. The quantitative estimate of drug-likeness (QED) is 0.897. The lowest BCUT2D eigenvalue weighted by Gasteiger charge is -2.20. The third kappa shape index (κ3) is 3.18. The number of imidazole rings is 1. The molecule has 0 aliphatic heterocycles. The van der Waals surface area contributed by atoms with E-state index in [1.165, 1.54) is 32.1 Å². The molecule has 0 radical (unpaired) electrons. The number of aromatic nitrogens is 2. The van der Waals surface area contributed by atoms with Crippen LogP contribution in [0.25, 0.3) is 11.0 Å². The van der Waals surface area contributed by atoms with E-state index in [-0.39, 0.29) is 5.91 Å². The second-order valence-electron chi connectivity index (χ2n) is 5.69. The van der Waals surface area contributed by atoms with Gasteiger partial charge in [0.25, 0.3) is 0 Å². The third-order valence-electron chi connectivity index (χ3n) is 4.09. The van der Waals surface area contributed by atoms with E-state index in [0.29, 0.717) is 18.9 Å². The smallest absolute Gasteiger partial charge is 0.220 e. The summed E-state index contributed by atoms with van der Waals surface area (Å²) in [6, 6.07) is 7.91. The maximum Gasteiger partial charge on any atom is 0.220 e. The molecule has 1 saturated carbocycles. The first-order valence-electron chi connectivity index (χ1n) is 7.51. The first-order chi connectivity index (χ1) is 9.81. The Bertz CT molecular complexity index is 551. The van der Waals surface area contributed by atoms with Crippen molar-refractivity contribution < 1.29 is 4.79 Å². The topological polar surface area (TPSA) is 57.8 Å². The number of H-pyrrole nitrogens is 1. The zero-order chi connectivity index (χ0) is 13.8. The minimum Gasteiger partial charge on any atom is -0.349 e. The van der Waals surface area contributed by atoms with Crippen LogP contribution >= 0.6 is 0 Å². The number of nitrogens with one attached hydrogen (secondary N) is 2. The molecule has 0 saturated heterocycles. The van der Waals surface area contributed by atoms with E-state index >= 15 is 0 Å². The minimum absolute atomic E-state index is 0.150. The van der Waals surface area contributed by atoms with E-state index in [2.05, 4.69) is 15.3 Å². The molecule has 2 N–H and O–H groups in total. The molecule has 0 bridgehead atoms. The standard InChI is InChI=1S/C16H21N3O/c20-16(10-12-6-2-1-3-7-12)17-11-15-18-13-8-4-5-9-14(13)19-15/h4-5,8-9,12H,1-3,6-7,10-11H2,(H,17,20)(H,18,19). The number of carbonyl (C=O) groups is 1. The van der Waals surface area contributed by atoms with Gasteiger partial charge in [-0.3, -0.25) is 4.79 Å². The molecule has 4 nitrogen and oxygen atoms in total. The lowest BCUT2D eigenvalue weighted by atomic mass is 9.87. The molecule has 0 spiro atoms. The molecule has 1 heterocycles. The van der Waals surface area contributed by atoms with Crippen molar-refractivity contribution in [3.8, 4) is 0 Å². The number of carbonyl (C=O) groups excluding carboxylic acids is 1. The Kier molecular flexibility index (Phi) is 4.00. The van der Waals surface area contributed by atoms with Gasteiger partial charge in [-0.2, -0.15) is 0 Å². The normalized spacial score (nSPS) is 16.4. The van der Waals surface area contributed by atoms with Crippen molar-refractivity contribution in [3.63, 3.8) is 0 Å². The molecule has 3 rings (SSSR count). The van der Waals surface area contributed by atoms with Gasteiger partial charge in [-0.1, -0.05) is 31.4 Å². The molecule has 4 heteroatoms. The molecule has 1 amide bonds. The van der Waals surface area contributed by atoms with Crippen molar-refractivity contribution in [1.82, 2.24) is 15.3 Å². The van der Waals surface area contributed by atoms with E-state index in [9.17, 15) is 4.79 Å².